The lowest BCUT2D eigenvalue weighted by molar-refractivity contribution is -0.136. The van der Waals surface area contributed by atoms with Crippen molar-refractivity contribution in [3.05, 3.63) is 41.7 Å². The number of hydrogen-bond acceptors (Lipinski definition) is 2. The topological polar surface area (TPSA) is 50.2 Å². The van der Waals surface area contributed by atoms with Crippen LogP contribution in [0.25, 0.3) is 10.8 Å². The molecule has 0 unspecified atom stereocenters. The van der Waals surface area contributed by atoms with E-state index >= 15 is 0 Å². The third kappa shape index (κ3) is 1.81. The molecule has 1 aromatic heterocycles. The first-order chi connectivity index (χ1) is 7.18. The molecule has 2 rings (SSSR count). The van der Waals surface area contributed by atoms with Gasteiger partial charge < -0.3 is 5.11 Å². The van der Waals surface area contributed by atoms with Crippen LogP contribution in [0.5, 0.6) is 0 Å². The Bertz CT molecular complexity index is 520. The fourth-order valence-corrected chi connectivity index (χ4v) is 1.68. The monoisotopic (exact) mass is 201 g/mol. The first-order valence-corrected chi connectivity index (χ1v) is 4.73. The number of fused-ring (bicyclic) bond motifs is 1. The molecule has 0 bridgehead atoms. The van der Waals surface area contributed by atoms with E-state index in [1.165, 1.54) is 0 Å². The van der Waals surface area contributed by atoms with Crippen molar-refractivity contribution in [2.24, 2.45) is 0 Å². The van der Waals surface area contributed by atoms with E-state index in [1.54, 1.807) is 6.20 Å². The Morgan fingerprint density at radius 1 is 1.33 bits per heavy atom. The van der Waals surface area contributed by atoms with Crippen LogP contribution in [0, 0.1) is 6.92 Å². The van der Waals surface area contributed by atoms with Gasteiger partial charge in [-0.3, -0.25) is 9.78 Å². The second kappa shape index (κ2) is 3.69. The summed E-state index contributed by atoms with van der Waals surface area (Å²) in [4.78, 5) is 14.8. The molecular weight excluding hydrogens is 190 g/mol. The number of carboxylic acid groups (broad SMARTS) is 1. The number of aromatic nitrogens is 1. The molecule has 76 valence electrons. The van der Waals surface area contributed by atoms with Crippen LogP contribution in [-0.4, -0.2) is 16.1 Å². The van der Waals surface area contributed by atoms with Crippen LogP contribution in [0.1, 0.15) is 11.3 Å². The molecule has 0 aliphatic rings. The minimum absolute atomic E-state index is 0.0270. The summed E-state index contributed by atoms with van der Waals surface area (Å²) in [6.07, 6.45) is 1.70. The average molecular weight is 201 g/mol. The summed E-state index contributed by atoms with van der Waals surface area (Å²) in [5.41, 5.74) is 1.70. The highest BCUT2D eigenvalue weighted by atomic mass is 16.4. The highest BCUT2D eigenvalue weighted by molar-refractivity contribution is 5.89. The molecule has 0 saturated carbocycles. The molecule has 0 fully saturated rings. The molecule has 1 aromatic carbocycles. The van der Waals surface area contributed by atoms with E-state index in [9.17, 15) is 4.79 Å². The molecule has 3 nitrogen and oxygen atoms in total. The van der Waals surface area contributed by atoms with Gasteiger partial charge in [0.2, 0.25) is 0 Å². The first-order valence-electron chi connectivity index (χ1n) is 4.73. The molecule has 0 aliphatic carbocycles. The van der Waals surface area contributed by atoms with Crippen molar-refractivity contribution in [1.82, 2.24) is 4.98 Å². The van der Waals surface area contributed by atoms with Gasteiger partial charge in [-0.05, 0) is 17.9 Å². The van der Waals surface area contributed by atoms with E-state index in [2.05, 4.69) is 4.98 Å². The van der Waals surface area contributed by atoms with Gasteiger partial charge >= 0.3 is 5.97 Å². The standard InChI is InChI=1S/C12H11NO2/c1-8-7-13-11(6-12(14)15)10-5-3-2-4-9(8)10/h2-5,7H,6H2,1H3,(H,14,15). The van der Waals surface area contributed by atoms with Crippen LogP contribution in [-0.2, 0) is 11.2 Å². The Morgan fingerprint density at radius 2 is 2.00 bits per heavy atom. The summed E-state index contributed by atoms with van der Waals surface area (Å²) in [7, 11) is 0. The van der Waals surface area contributed by atoms with Crippen molar-refractivity contribution in [2.75, 3.05) is 0 Å². The lowest BCUT2D eigenvalue weighted by Crippen LogP contribution is -2.03. The smallest absolute Gasteiger partial charge is 0.309 e. The normalized spacial score (nSPS) is 10.5. The molecule has 1 heterocycles. The molecule has 0 atom stereocenters. The number of aryl methyl sites for hydroxylation is 1. The molecule has 15 heavy (non-hydrogen) atoms. The minimum Gasteiger partial charge on any atom is -0.481 e. The highest BCUT2D eigenvalue weighted by Gasteiger charge is 2.07. The molecule has 2 aromatic rings. The van der Waals surface area contributed by atoms with Crippen molar-refractivity contribution in [3.8, 4) is 0 Å². The van der Waals surface area contributed by atoms with Crippen LogP contribution in [0.15, 0.2) is 30.5 Å². The quantitative estimate of drug-likeness (QED) is 0.810. The SMILES string of the molecule is Cc1cnc(CC(=O)O)c2ccccc12. The minimum atomic E-state index is -0.850. The van der Waals surface area contributed by atoms with Crippen LogP contribution < -0.4 is 0 Å². The van der Waals surface area contributed by atoms with E-state index < -0.39 is 5.97 Å². The molecule has 0 saturated heterocycles. The maximum atomic E-state index is 10.7. The molecule has 0 radical (unpaired) electrons. The van der Waals surface area contributed by atoms with Gasteiger partial charge in [0.1, 0.15) is 0 Å². The van der Waals surface area contributed by atoms with Gasteiger partial charge in [0.05, 0.1) is 12.1 Å². The largest absolute Gasteiger partial charge is 0.481 e. The van der Waals surface area contributed by atoms with Gasteiger partial charge in [0, 0.05) is 11.6 Å². The summed E-state index contributed by atoms with van der Waals surface area (Å²) in [5.74, 6) is -0.850. The summed E-state index contributed by atoms with van der Waals surface area (Å²) in [6, 6.07) is 7.74. The zero-order chi connectivity index (χ0) is 10.8. The fourth-order valence-electron chi connectivity index (χ4n) is 1.68. The van der Waals surface area contributed by atoms with Gasteiger partial charge in [0.15, 0.2) is 0 Å². The lowest BCUT2D eigenvalue weighted by atomic mass is 10.0. The van der Waals surface area contributed by atoms with Crippen LogP contribution >= 0.6 is 0 Å². The predicted molar refractivity (Wildman–Crippen MR) is 57.8 cm³/mol. The Hall–Kier alpha value is -1.90. The molecule has 3 heteroatoms. The third-order valence-corrected chi connectivity index (χ3v) is 2.40. The summed E-state index contributed by atoms with van der Waals surface area (Å²) in [5, 5.41) is 10.8. The summed E-state index contributed by atoms with van der Waals surface area (Å²) < 4.78 is 0. The van der Waals surface area contributed by atoms with Gasteiger partial charge in [-0.15, -0.1) is 0 Å². The Morgan fingerprint density at radius 3 is 2.67 bits per heavy atom. The average Bonchev–Trinajstić information content (AvgIpc) is 2.22. The van der Waals surface area contributed by atoms with Gasteiger partial charge in [0.25, 0.3) is 0 Å². The number of carbonyl (C=O) groups is 1. The van der Waals surface area contributed by atoms with E-state index in [4.69, 9.17) is 5.11 Å². The number of rotatable bonds is 2. The Balaban J connectivity index is 2.66. The van der Waals surface area contributed by atoms with Gasteiger partial charge in [-0.25, -0.2) is 0 Å². The highest BCUT2D eigenvalue weighted by Crippen LogP contribution is 2.20. The number of hydrogen-bond donors (Lipinski definition) is 1. The summed E-state index contributed by atoms with van der Waals surface area (Å²) >= 11 is 0. The molecular formula is C12H11NO2. The summed E-state index contributed by atoms with van der Waals surface area (Å²) in [6.45, 7) is 1.97. The van der Waals surface area contributed by atoms with Gasteiger partial charge in [-0.1, -0.05) is 24.3 Å². The first kappa shape index (κ1) is 9.65. The number of aliphatic carboxylic acids is 1. The second-order valence-electron chi connectivity index (χ2n) is 3.50. The molecule has 0 aliphatic heterocycles. The Labute approximate surface area is 87.4 Å². The van der Waals surface area contributed by atoms with E-state index in [0.29, 0.717) is 5.69 Å². The van der Waals surface area contributed by atoms with Crippen LogP contribution in [0.3, 0.4) is 0 Å². The van der Waals surface area contributed by atoms with Crippen molar-refractivity contribution in [1.29, 1.82) is 0 Å². The lowest BCUT2D eigenvalue weighted by Gasteiger charge is -2.05. The zero-order valence-electron chi connectivity index (χ0n) is 8.40. The number of pyridine rings is 1. The van der Waals surface area contributed by atoms with Crippen molar-refractivity contribution < 1.29 is 9.90 Å². The second-order valence-corrected chi connectivity index (χ2v) is 3.50. The van der Waals surface area contributed by atoms with E-state index in [-0.39, 0.29) is 6.42 Å². The number of carboxylic acids is 1. The fraction of sp³-hybridized carbons (Fsp3) is 0.167. The van der Waals surface area contributed by atoms with E-state index in [1.807, 2.05) is 31.2 Å². The van der Waals surface area contributed by atoms with Gasteiger partial charge in [-0.2, -0.15) is 0 Å². The number of benzene rings is 1. The Kier molecular flexibility index (Phi) is 2.37. The number of nitrogens with zero attached hydrogens (tertiary/aromatic N) is 1. The van der Waals surface area contributed by atoms with E-state index in [0.717, 1.165) is 16.3 Å². The van der Waals surface area contributed by atoms with Crippen molar-refractivity contribution in [2.45, 2.75) is 13.3 Å². The maximum absolute atomic E-state index is 10.7. The third-order valence-electron chi connectivity index (χ3n) is 2.40. The van der Waals surface area contributed by atoms with Crippen LogP contribution in [0.2, 0.25) is 0 Å². The molecule has 0 spiro atoms. The maximum Gasteiger partial charge on any atom is 0.309 e. The molecule has 0 amide bonds. The van der Waals surface area contributed by atoms with Crippen molar-refractivity contribution in [3.63, 3.8) is 0 Å². The predicted octanol–water partition coefficient (Wildman–Crippen LogP) is 2.17. The van der Waals surface area contributed by atoms with Crippen LogP contribution in [0.4, 0.5) is 0 Å². The zero-order valence-corrected chi connectivity index (χ0v) is 8.40. The van der Waals surface area contributed by atoms with Crippen molar-refractivity contribution >= 4 is 16.7 Å². The molecule has 1 N–H and O–H groups in total.